The fraction of sp³-hybridized carbons (Fsp3) is 0.231. The topological polar surface area (TPSA) is 46.9 Å². The molecule has 1 unspecified atom stereocenters. The van der Waals surface area contributed by atoms with Crippen molar-refractivity contribution in [2.75, 3.05) is 6.54 Å². The van der Waals surface area contributed by atoms with Crippen molar-refractivity contribution < 1.29 is 4.79 Å². The van der Waals surface area contributed by atoms with Crippen LogP contribution in [0.25, 0.3) is 0 Å². The van der Waals surface area contributed by atoms with Gasteiger partial charge in [0.25, 0.3) is 5.91 Å². The quantitative estimate of drug-likeness (QED) is 0.881. The van der Waals surface area contributed by atoms with Gasteiger partial charge in [0.05, 0.1) is 16.6 Å². The molecule has 0 spiro atoms. The second-order valence-corrected chi connectivity index (χ2v) is 5.10. The molecule has 1 aromatic carbocycles. The van der Waals surface area contributed by atoms with Gasteiger partial charge in [0.2, 0.25) is 0 Å². The molecule has 4 nitrogen and oxygen atoms in total. The summed E-state index contributed by atoms with van der Waals surface area (Å²) >= 11 is 3.56. The zero-order valence-corrected chi connectivity index (χ0v) is 11.6. The third-order valence-corrected chi connectivity index (χ3v) is 3.42. The number of aryl methyl sites for hydroxylation is 1. The Hall–Kier alpha value is -1.62. The highest BCUT2D eigenvalue weighted by atomic mass is 79.9. The molecule has 1 atom stereocenters. The van der Waals surface area contributed by atoms with E-state index in [0.717, 1.165) is 5.56 Å². The Bertz CT molecular complexity index is 524. The third kappa shape index (κ3) is 3.20. The van der Waals surface area contributed by atoms with Crippen LogP contribution in [0.4, 0.5) is 0 Å². The summed E-state index contributed by atoms with van der Waals surface area (Å²) in [6.45, 7) is 0.539. The zero-order chi connectivity index (χ0) is 13.0. The number of aromatic nitrogens is 2. The van der Waals surface area contributed by atoms with Gasteiger partial charge in [-0.2, -0.15) is 5.10 Å². The number of carbonyl (C=O) groups is 1. The van der Waals surface area contributed by atoms with E-state index in [4.69, 9.17) is 0 Å². The number of rotatable bonds is 4. The number of hydrogen-bond acceptors (Lipinski definition) is 2. The minimum atomic E-state index is -0.108. The molecule has 94 valence electrons. The molecular weight excluding hydrogens is 294 g/mol. The van der Waals surface area contributed by atoms with Crippen molar-refractivity contribution in [3.63, 3.8) is 0 Å². The van der Waals surface area contributed by atoms with Crippen LogP contribution >= 0.6 is 15.9 Å². The molecule has 1 heterocycles. The normalized spacial score (nSPS) is 12.1. The molecule has 0 bridgehead atoms. The van der Waals surface area contributed by atoms with Gasteiger partial charge in [-0.15, -0.1) is 0 Å². The van der Waals surface area contributed by atoms with Crippen LogP contribution in [0.3, 0.4) is 0 Å². The summed E-state index contributed by atoms with van der Waals surface area (Å²) in [5, 5.41) is 6.84. The summed E-state index contributed by atoms with van der Waals surface area (Å²) in [6.07, 6.45) is 3.25. The fourth-order valence-electron chi connectivity index (χ4n) is 1.60. The Balaban J connectivity index is 1.90. The van der Waals surface area contributed by atoms with E-state index in [-0.39, 0.29) is 10.7 Å². The van der Waals surface area contributed by atoms with E-state index in [1.54, 1.807) is 24.1 Å². The van der Waals surface area contributed by atoms with Gasteiger partial charge >= 0.3 is 0 Å². The molecule has 0 radical (unpaired) electrons. The van der Waals surface area contributed by atoms with Crippen LogP contribution in [0.5, 0.6) is 0 Å². The molecule has 0 saturated heterocycles. The maximum Gasteiger partial charge on any atom is 0.254 e. The second kappa shape index (κ2) is 5.82. The predicted octanol–water partition coefficient (Wildman–Crippen LogP) is 2.29. The highest BCUT2D eigenvalue weighted by Crippen LogP contribution is 2.21. The first-order valence-corrected chi connectivity index (χ1v) is 6.54. The fourth-order valence-corrected chi connectivity index (χ4v) is 2.07. The van der Waals surface area contributed by atoms with Gasteiger partial charge in [-0.25, -0.2) is 0 Å². The molecule has 18 heavy (non-hydrogen) atoms. The number of carbonyl (C=O) groups excluding carboxylic acids is 1. The molecule has 1 N–H and O–H groups in total. The monoisotopic (exact) mass is 307 g/mol. The third-order valence-electron chi connectivity index (χ3n) is 2.57. The van der Waals surface area contributed by atoms with Gasteiger partial charge < -0.3 is 5.32 Å². The highest BCUT2D eigenvalue weighted by Gasteiger charge is 2.11. The van der Waals surface area contributed by atoms with Crippen LogP contribution in [0.1, 0.15) is 20.7 Å². The van der Waals surface area contributed by atoms with Gasteiger partial charge in [0.15, 0.2) is 0 Å². The maximum absolute atomic E-state index is 11.8. The summed E-state index contributed by atoms with van der Waals surface area (Å²) in [7, 11) is 1.79. The van der Waals surface area contributed by atoms with Gasteiger partial charge in [-0.05, 0) is 5.56 Å². The Kier molecular flexibility index (Phi) is 4.15. The Labute approximate surface area is 114 Å². The lowest BCUT2D eigenvalue weighted by Crippen LogP contribution is -2.26. The van der Waals surface area contributed by atoms with E-state index in [0.29, 0.717) is 12.1 Å². The van der Waals surface area contributed by atoms with Gasteiger partial charge in [0.1, 0.15) is 0 Å². The first kappa shape index (κ1) is 12.8. The van der Waals surface area contributed by atoms with Crippen molar-refractivity contribution in [2.24, 2.45) is 7.05 Å². The van der Waals surface area contributed by atoms with Crippen LogP contribution in [-0.4, -0.2) is 22.2 Å². The molecule has 1 aromatic heterocycles. The number of nitrogens with one attached hydrogen (secondary N) is 1. The highest BCUT2D eigenvalue weighted by molar-refractivity contribution is 9.09. The Morgan fingerprint density at radius 1 is 1.44 bits per heavy atom. The minimum absolute atomic E-state index is 0.108. The average Bonchev–Trinajstić information content (AvgIpc) is 2.83. The SMILES string of the molecule is Cn1cc(C(=O)NCC(Br)c2ccccc2)cn1. The summed E-state index contributed by atoms with van der Waals surface area (Å²) in [5.74, 6) is -0.108. The minimum Gasteiger partial charge on any atom is -0.350 e. The average molecular weight is 308 g/mol. The molecule has 0 saturated carbocycles. The molecule has 0 aliphatic carbocycles. The van der Waals surface area contributed by atoms with Crippen LogP contribution in [0.2, 0.25) is 0 Å². The largest absolute Gasteiger partial charge is 0.350 e. The van der Waals surface area contributed by atoms with Crippen molar-refractivity contribution in [2.45, 2.75) is 4.83 Å². The molecule has 0 aliphatic rings. The number of hydrogen-bond donors (Lipinski definition) is 1. The Morgan fingerprint density at radius 2 is 2.17 bits per heavy atom. The summed E-state index contributed by atoms with van der Waals surface area (Å²) in [4.78, 5) is 11.9. The maximum atomic E-state index is 11.8. The number of alkyl halides is 1. The van der Waals surface area contributed by atoms with Crippen molar-refractivity contribution in [3.8, 4) is 0 Å². The molecule has 5 heteroatoms. The summed E-state index contributed by atoms with van der Waals surface area (Å²) in [5.41, 5.74) is 1.72. The molecule has 2 aromatic rings. The predicted molar refractivity (Wildman–Crippen MR) is 73.7 cm³/mol. The standard InChI is InChI=1S/C13H14BrN3O/c1-17-9-11(7-16-17)13(18)15-8-12(14)10-5-3-2-4-6-10/h2-7,9,12H,8H2,1H3,(H,15,18). The van der Waals surface area contributed by atoms with E-state index in [1.807, 2.05) is 30.3 Å². The van der Waals surface area contributed by atoms with Crippen LogP contribution in [0, 0.1) is 0 Å². The van der Waals surface area contributed by atoms with Crippen molar-refractivity contribution in [1.82, 2.24) is 15.1 Å². The molecule has 1 amide bonds. The van der Waals surface area contributed by atoms with E-state index >= 15 is 0 Å². The second-order valence-electron chi connectivity index (χ2n) is 3.99. The number of nitrogens with zero attached hydrogens (tertiary/aromatic N) is 2. The van der Waals surface area contributed by atoms with Crippen LogP contribution in [-0.2, 0) is 7.05 Å². The first-order valence-electron chi connectivity index (χ1n) is 5.62. The summed E-state index contributed by atoms with van der Waals surface area (Å²) < 4.78 is 1.61. The number of benzene rings is 1. The lowest BCUT2D eigenvalue weighted by molar-refractivity contribution is 0.0954. The van der Waals surface area contributed by atoms with Crippen molar-refractivity contribution in [3.05, 3.63) is 53.9 Å². The van der Waals surface area contributed by atoms with E-state index in [2.05, 4.69) is 26.3 Å². The molecule has 0 fully saturated rings. The Morgan fingerprint density at radius 3 is 2.78 bits per heavy atom. The lowest BCUT2D eigenvalue weighted by atomic mass is 10.1. The molecule has 2 rings (SSSR count). The van der Waals surface area contributed by atoms with Crippen molar-refractivity contribution >= 4 is 21.8 Å². The lowest BCUT2D eigenvalue weighted by Gasteiger charge is -2.10. The van der Waals surface area contributed by atoms with Crippen molar-refractivity contribution in [1.29, 1.82) is 0 Å². The van der Waals surface area contributed by atoms with Gasteiger partial charge in [-0.1, -0.05) is 46.3 Å². The number of amides is 1. The number of halogens is 1. The zero-order valence-electron chi connectivity index (χ0n) is 10.0. The van der Waals surface area contributed by atoms with Crippen LogP contribution in [0.15, 0.2) is 42.7 Å². The van der Waals surface area contributed by atoms with Gasteiger partial charge in [-0.3, -0.25) is 9.48 Å². The van der Waals surface area contributed by atoms with E-state index in [1.165, 1.54) is 0 Å². The first-order chi connectivity index (χ1) is 8.66. The molecule has 0 aliphatic heterocycles. The molecular formula is C13H14BrN3O. The smallest absolute Gasteiger partial charge is 0.254 e. The van der Waals surface area contributed by atoms with E-state index < -0.39 is 0 Å². The van der Waals surface area contributed by atoms with E-state index in [9.17, 15) is 4.79 Å². The van der Waals surface area contributed by atoms with Crippen LogP contribution < -0.4 is 5.32 Å². The van der Waals surface area contributed by atoms with Gasteiger partial charge in [0, 0.05) is 19.8 Å². The summed E-state index contributed by atoms with van der Waals surface area (Å²) in [6, 6.07) is 9.97.